The van der Waals surface area contributed by atoms with Crippen molar-refractivity contribution in [2.45, 2.75) is 32.7 Å². The summed E-state index contributed by atoms with van der Waals surface area (Å²) in [6, 6.07) is 1.60. The van der Waals surface area contributed by atoms with Gasteiger partial charge in [-0.05, 0) is 25.3 Å². The van der Waals surface area contributed by atoms with E-state index in [1.165, 1.54) is 12.4 Å². The first-order valence-electron chi connectivity index (χ1n) is 5.94. The highest BCUT2D eigenvalue weighted by Gasteiger charge is 2.26. The summed E-state index contributed by atoms with van der Waals surface area (Å²) in [7, 11) is 0. The van der Waals surface area contributed by atoms with Crippen LogP contribution in [-0.2, 0) is 0 Å². The van der Waals surface area contributed by atoms with Gasteiger partial charge in [0.2, 0.25) is 0 Å². The van der Waals surface area contributed by atoms with E-state index in [0.29, 0.717) is 18.2 Å². The molecule has 18 heavy (non-hydrogen) atoms. The van der Waals surface area contributed by atoms with Gasteiger partial charge >= 0.3 is 5.69 Å². The van der Waals surface area contributed by atoms with Crippen molar-refractivity contribution < 1.29 is 4.92 Å². The standard InChI is InChI=1S/C12H20N4O2/c1-9(2)6-12(3,8-13)15-10-4-5-14-7-11(10)16(17)18/h4-5,7,9H,6,8,13H2,1-3H3,(H,14,15). The average molecular weight is 252 g/mol. The van der Waals surface area contributed by atoms with Crippen molar-refractivity contribution in [1.29, 1.82) is 0 Å². The number of nitrogens with two attached hydrogens (primary N) is 1. The Morgan fingerprint density at radius 3 is 2.78 bits per heavy atom. The second-order valence-electron chi connectivity index (χ2n) is 5.14. The van der Waals surface area contributed by atoms with Crippen LogP contribution in [0.15, 0.2) is 18.5 Å². The number of anilines is 1. The molecule has 0 amide bonds. The first-order chi connectivity index (χ1) is 8.38. The number of aromatic nitrogens is 1. The molecular formula is C12H20N4O2. The summed E-state index contributed by atoms with van der Waals surface area (Å²) in [6.07, 6.45) is 3.61. The van der Waals surface area contributed by atoms with Crippen molar-refractivity contribution in [2.75, 3.05) is 11.9 Å². The van der Waals surface area contributed by atoms with Gasteiger partial charge in [0.25, 0.3) is 0 Å². The lowest BCUT2D eigenvalue weighted by molar-refractivity contribution is -0.384. The topological polar surface area (TPSA) is 94.1 Å². The molecule has 1 aromatic heterocycles. The third-order valence-electron chi connectivity index (χ3n) is 2.74. The number of hydrogen-bond acceptors (Lipinski definition) is 5. The van der Waals surface area contributed by atoms with Crippen LogP contribution in [0.25, 0.3) is 0 Å². The molecule has 0 spiro atoms. The fraction of sp³-hybridized carbons (Fsp3) is 0.583. The van der Waals surface area contributed by atoms with Gasteiger partial charge in [0.15, 0.2) is 0 Å². The molecule has 0 saturated heterocycles. The normalized spacial score (nSPS) is 14.3. The van der Waals surface area contributed by atoms with E-state index in [1.807, 2.05) is 6.92 Å². The fourth-order valence-electron chi connectivity index (χ4n) is 2.05. The number of nitro groups is 1. The third-order valence-corrected chi connectivity index (χ3v) is 2.74. The predicted molar refractivity (Wildman–Crippen MR) is 71.4 cm³/mol. The highest BCUT2D eigenvalue weighted by Crippen LogP contribution is 2.28. The first-order valence-corrected chi connectivity index (χ1v) is 5.94. The molecule has 6 heteroatoms. The van der Waals surface area contributed by atoms with Crippen LogP contribution in [0, 0.1) is 16.0 Å². The van der Waals surface area contributed by atoms with Gasteiger partial charge < -0.3 is 11.1 Å². The molecule has 0 aromatic carbocycles. The van der Waals surface area contributed by atoms with Crippen LogP contribution in [-0.4, -0.2) is 22.0 Å². The average Bonchev–Trinajstić information content (AvgIpc) is 2.28. The van der Waals surface area contributed by atoms with E-state index in [9.17, 15) is 10.1 Å². The molecule has 0 bridgehead atoms. The Kier molecular flexibility index (Phi) is 4.61. The van der Waals surface area contributed by atoms with Crippen LogP contribution >= 0.6 is 0 Å². The Balaban J connectivity index is 2.98. The smallest absolute Gasteiger partial charge is 0.310 e. The summed E-state index contributed by atoms with van der Waals surface area (Å²) in [5.74, 6) is 0.451. The Bertz CT molecular complexity index is 422. The molecule has 0 aliphatic rings. The fourth-order valence-corrected chi connectivity index (χ4v) is 2.05. The largest absolute Gasteiger partial charge is 0.373 e. The van der Waals surface area contributed by atoms with E-state index in [1.54, 1.807) is 6.07 Å². The predicted octanol–water partition coefficient (Wildman–Crippen LogP) is 2.17. The quantitative estimate of drug-likeness (QED) is 0.597. The minimum atomic E-state index is -0.443. The molecular weight excluding hydrogens is 232 g/mol. The van der Waals surface area contributed by atoms with Crippen LogP contribution in [0.3, 0.4) is 0 Å². The van der Waals surface area contributed by atoms with Gasteiger partial charge in [-0.3, -0.25) is 15.1 Å². The Hall–Kier alpha value is -1.69. The minimum Gasteiger partial charge on any atom is -0.373 e. The summed E-state index contributed by atoms with van der Waals surface area (Å²) in [5, 5.41) is 14.1. The molecule has 1 rings (SSSR count). The maximum atomic E-state index is 10.9. The first kappa shape index (κ1) is 14.4. The molecule has 1 aromatic rings. The summed E-state index contributed by atoms with van der Waals surface area (Å²) < 4.78 is 0. The van der Waals surface area contributed by atoms with Crippen molar-refractivity contribution in [3.05, 3.63) is 28.6 Å². The summed E-state index contributed by atoms with van der Waals surface area (Å²) in [6.45, 7) is 6.56. The second kappa shape index (κ2) is 5.77. The van der Waals surface area contributed by atoms with Crippen molar-refractivity contribution in [3.63, 3.8) is 0 Å². The Morgan fingerprint density at radius 2 is 2.28 bits per heavy atom. The van der Waals surface area contributed by atoms with E-state index in [0.717, 1.165) is 6.42 Å². The molecule has 1 atom stereocenters. The van der Waals surface area contributed by atoms with Crippen molar-refractivity contribution >= 4 is 11.4 Å². The van der Waals surface area contributed by atoms with E-state index in [4.69, 9.17) is 5.73 Å². The molecule has 6 nitrogen and oxygen atoms in total. The number of hydrogen-bond donors (Lipinski definition) is 2. The lowest BCUT2D eigenvalue weighted by atomic mass is 9.90. The zero-order valence-electron chi connectivity index (χ0n) is 11.0. The van der Waals surface area contributed by atoms with Crippen molar-refractivity contribution in [3.8, 4) is 0 Å². The van der Waals surface area contributed by atoms with Crippen molar-refractivity contribution in [1.82, 2.24) is 4.98 Å². The molecule has 0 aliphatic heterocycles. The number of nitrogens with zero attached hydrogens (tertiary/aromatic N) is 2. The van der Waals surface area contributed by atoms with E-state index >= 15 is 0 Å². The lowest BCUT2D eigenvalue weighted by Gasteiger charge is -2.32. The number of nitrogens with one attached hydrogen (secondary N) is 1. The molecule has 1 heterocycles. The molecule has 100 valence electrons. The van der Waals surface area contributed by atoms with Gasteiger partial charge in [0.05, 0.1) is 4.92 Å². The number of pyridine rings is 1. The van der Waals surface area contributed by atoms with Gasteiger partial charge in [-0.25, -0.2) is 0 Å². The third kappa shape index (κ3) is 3.66. The Labute approximate surface area is 107 Å². The Morgan fingerprint density at radius 1 is 1.61 bits per heavy atom. The maximum absolute atomic E-state index is 10.9. The van der Waals surface area contributed by atoms with Crippen LogP contribution < -0.4 is 11.1 Å². The summed E-state index contributed by atoms with van der Waals surface area (Å²) in [4.78, 5) is 14.2. The lowest BCUT2D eigenvalue weighted by Crippen LogP contribution is -2.43. The molecule has 0 saturated carbocycles. The summed E-state index contributed by atoms with van der Waals surface area (Å²) >= 11 is 0. The molecule has 0 fully saturated rings. The molecule has 0 radical (unpaired) electrons. The molecule has 0 aliphatic carbocycles. The van der Waals surface area contributed by atoms with Gasteiger partial charge in [-0.2, -0.15) is 0 Å². The van der Waals surface area contributed by atoms with Gasteiger partial charge in [0.1, 0.15) is 11.9 Å². The zero-order valence-corrected chi connectivity index (χ0v) is 11.0. The van der Waals surface area contributed by atoms with Gasteiger partial charge in [-0.15, -0.1) is 0 Å². The van der Waals surface area contributed by atoms with Crippen molar-refractivity contribution in [2.24, 2.45) is 11.7 Å². The van der Waals surface area contributed by atoms with Crippen LogP contribution in [0.5, 0.6) is 0 Å². The number of rotatable bonds is 6. The zero-order chi connectivity index (χ0) is 13.8. The van der Waals surface area contributed by atoms with Crippen LogP contribution in [0.4, 0.5) is 11.4 Å². The minimum absolute atomic E-state index is 0.0269. The van der Waals surface area contributed by atoms with Crippen LogP contribution in [0.1, 0.15) is 27.2 Å². The summed E-state index contributed by atoms with van der Waals surface area (Å²) in [5.41, 5.74) is 5.86. The molecule has 1 unspecified atom stereocenters. The van der Waals surface area contributed by atoms with Crippen LogP contribution in [0.2, 0.25) is 0 Å². The monoisotopic (exact) mass is 252 g/mol. The maximum Gasteiger partial charge on any atom is 0.310 e. The second-order valence-corrected chi connectivity index (χ2v) is 5.14. The highest BCUT2D eigenvalue weighted by molar-refractivity contribution is 5.60. The SMILES string of the molecule is CC(C)CC(C)(CN)Nc1ccncc1[N+](=O)[O-]. The molecule has 3 N–H and O–H groups in total. The highest BCUT2D eigenvalue weighted by atomic mass is 16.6. The van der Waals surface area contributed by atoms with E-state index < -0.39 is 4.92 Å². The van der Waals surface area contributed by atoms with E-state index in [-0.39, 0.29) is 11.2 Å². The van der Waals surface area contributed by atoms with E-state index in [2.05, 4.69) is 24.1 Å². The van der Waals surface area contributed by atoms with Gasteiger partial charge in [-0.1, -0.05) is 13.8 Å². The van der Waals surface area contributed by atoms with Gasteiger partial charge in [0, 0.05) is 18.3 Å².